The van der Waals surface area contributed by atoms with Crippen LogP contribution in [-0.4, -0.2) is 20.2 Å². The van der Waals surface area contributed by atoms with Gasteiger partial charge >= 0.3 is 0 Å². The minimum Gasteiger partial charge on any atom is -0.497 e. The SMILES string of the molecule is COc1cccc([C@H](c2ccc(F)cc2)C2CCNCC2)c1. The Bertz CT molecular complexity index is 605. The number of piperidine rings is 1. The smallest absolute Gasteiger partial charge is 0.123 e. The molecule has 0 aliphatic carbocycles. The molecule has 22 heavy (non-hydrogen) atoms. The summed E-state index contributed by atoms with van der Waals surface area (Å²) in [6, 6.07) is 15.2. The van der Waals surface area contributed by atoms with Gasteiger partial charge in [-0.25, -0.2) is 4.39 Å². The number of benzene rings is 2. The first kappa shape index (κ1) is 15.0. The number of methoxy groups -OCH3 is 1. The number of hydrogen-bond acceptors (Lipinski definition) is 2. The van der Waals surface area contributed by atoms with E-state index in [2.05, 4.69) is 17.4 Å². The molecule has 0 radical (unpaired) electrons. The average molecular weight is 299 g/mol. The molecule has 2 aromatic rings. The van der Waals surface area contributed by atoms with Gasteiger partial charge in [0, 0.05) is 5.92 Å². The summed E-state index contributed by atoms with van der Waals surface area (Å²) in [6.45, 7) is 2.10. The molecule has 0 amide bonds. The standard InChI is InChI=1S/C19H22FNO/c1-22-18-4-2-3-16(13-18)19(15-9-11-21-12-10-15)14-5-7-17(20)8-6-14/h2-8,13,15,19,21H,9-12H2,1H3/t19-/m1/s1. The quantitative estimate of drug-likeness (QED) is 0.922. The van der Waals surface area contributed by atoms with E-state index in [1.54, 1.807) is 19.2 Å². The zero-order chi connectivity index (χ0) is 15.4. The van der Waals surface area contributed by atoms with Crippen LogP contribution in [0.25, 0.3) is 0 Å². The van der Waals surface area contributed by atoms with Crippen LogP contribution in [0.2, 0.25) is 0 Å². The monoisotopic (exact) mass is 299 g/mol. The van der Waals surface area contributed by atoms with E-state index >= 15 is 0 Å². The molecule has 0 unspecified atom stereocenters. The van der Waals surface area contributed by atoms with E-state index in [1.165, 1.54) is 11.1 Å². The minimum absolute atomic E-state index is 0.182. The Morgan fingerprint density at radius 3 is 2.45 bits per heavy atom. The molecule has 0 spiro atoms. The summed E-state index contributed by atoms with van der Waals surface area (Å²) >= 11 is 0. The number of rotatable bonds is 4. The van der Waals surface area contributed by atoms with Gasteiger partial charge in [-0.15, -0.1) is 0 Å². The Morgan fingerprint density at radius 2 is 1.77 bits per heavy atom. The maximum atomic E-state index is 13.3. The van der Waals surface area contributed by atoms with E-state index in [0.29, 0.717) is 5.92 Å². The molecular formula is C19H22FNO. The second kappa shape index (κ2) is 6.93. The fourth-order valence-corrected chi connectivity index (χ4v) is 3.42. The fourth-order valence-electron chi connectivity index (χ4n) is 3.42. The Morgan fingerprint density at radius 1 is 1.05 bits per heavy atom. The molecule has 1 aliphatic heterocycles. The Hall–Kier alpha value is -1.87. The molecule has 2 aromatic carbocycles. The summed E-state index contributed by atoms with van der Waals surface area (Å²) < 4.78 is 18.7. The predicted octanol–water partition coefficient (Wildman–Crippen LogP) is 3.97. The first-order chi connectivity index (χ1) is 10.8. The van der Waals surface area contributed by atoms with Crippen molar-refractivity contribution in [2.45, 2.75) is 18.8 Å². The highest BCUT2D eigenvalue weighted by Gasteiger charge is 2.26. The van der Waals surface area contributed by atoms with Gasteiger partial charge < -0.3 is 10.1 Å². The van der Waals surface area contributed by atoms with Gasteiger partial charge in [-0.2, -0.15) is 0 Å². The lowest BCUT2D eigenvalue weighted by Gasteiger charge is -2.31. The maximum absolute atomic E-state index is 13.3. The second-order valence-corrected chi connectivity index (χ2v) is 5.89. The van der Waals surface area contributed by atoms with Crippen LogP contribution in [0, 0.1) is 11.7 Å². The number of nitrogens with one attached hydrogen (secondary N) is 1. The van der Waals surface area contributed by atoms with E-state index in [1.807, 2.05) is 24.3 Å². The van der Waals surface area contributed by atoms with Crippen LogP contribution in [-0.2, 0) is 0 Å². The highest BCUT2D eigenvalue weighted by Crippen LogP contribution is 2.37. The summed E-state index contributed by atoms with van der Waals surface area (Å²) in [5.41, 5.74) is 2.43. The summed E-state index contributed by atoms with van der Waals surface area (Å²) in [6.07, 6.45) is 2.28. The van der Waals surface area contributed by atoms with Crippen molar-refractivity contribution in [2.24, 2.45) is 5.92 Å². The normalized spacial score (nSPS) is 17.2. The van der Waals surface area contributed by atoms with Crippen LogP contribution < -0.4 is 10.1 Å². The maximum Gasteiger partial charge on any atom is 0.123 e. The first-order valence-corrected chi connectivity index (χ1v) is 7.88. The predicted molar refractivity (Wildman–Crippen MR) is 86.8 cm³/mol. The highest BCUT2D eigenvalue weighted by atomic mass is 19.1. The van der Waals surface area contributed by atoms with E-state index < -0.39 is 0 Å². The van der Waals surface area contributed by atoms with Crippen molar-refractivity contribution in [1.29, 1.82) is 0 Å². The highest BCUT2D eigenvalue weighted by molar-refractivity contribution is 5.38. The molecule has 1 N–H and O–H groups in total. The lowest BCUT2D eigenvalue weighted by atomic mass is 9.76. The van der Waals surface area contributed by atoms with Gasteiger partial charge in [0.25, 0.3) is 0 Å². The van der Waals surface area contributed by atoms with Crippen LogP contribution in [0.1, 0.15) is 29.9 Å². The van der Waals surface area contributed by atoms with E-state index in [-0.39, 0.29) is 11.7 Å². The summed E-state index contributed by atoms with van der Waals surface area (Å²) in [7, 11) is 1.69. The third-order valence-corrected chi connectivity index (χ3v) is 4.54. The van der Waals surface area contributed by atoms with Crippen molar-refractivity contribution in [2.75, 3.05) is 20.2 Å². The third kappa shape index (κ3) is 3.30. The minimum atomic E-state index is -0.182. The van der Waals surface area contributed by atoms with Crippen molar-refractivity contribution < 1.29 is 9.13 Å². The topological polar surface area (TPSA) is 21.3 Å². The molecule has 116 valence electrons. The second-order valence-electron chi connectivity index (χ2n) is 5.89. The Kier molecular flexibility index (Phi) is 4.74. The lowest BCUT2D eigenvalue weighted by molar-refractivity contribution is 0.341. The molecule has 0 aromatic heterocycles. The molecule has 3 rings (SSSR count). The molecule has 0 saturated carbocycles. The molecule has 1 fully saturated rings. The largest absolute Gasteiger partial charge is 0.497 e. The summed E-state index contributed by atoms with van der Waals surface area (Å²) in [5, 5.41) is 3.42. The van der Waals surface area contributed by atoms with Crippen molar-refractivity contribution in [3.63, 3.8) is 0 Å². The molecule has 1 atom stereocenters. The van der Waals surface area contributed by atoms with Crippen LogP contribution in [0.3, 0.4) is 0 Å². The molecule has 1 heterocycles. The summed E-state index contributed by atoms with van der Waals surface area (Å²) in [4.78, 5) is 0. The van der Waals surface area contributed by atoms with Gasteiger partial charge in [-0.05, 0) is 67.2 Å². The van der Waals surface area contributed by atoms with E-state index in [4.69, 9.17) is 4.74 Å². The van der Waals surface area contributed by atoms with Gasteiger partial charge in [0.05, 0.1) is 7.11 Å². The first-order valence-electron chi connectivity index (χ1n) is 7.88. The third-order valence-electron chi connectivity index (χ3n) is 4.54. The van der Waals surface area contributed by atoms with Crippen molar-refractivity contribution in [3.05, 3.63) is 65.5 Å². The molecule has 1 aliphatic rings. The number of ether oxygens (including phenoxy) is 1. The van der Waals surface area contributed by atoms with Gasteiger partial charge in [-0.1, -0.05) is 24.3 Å². The molecule has 1 saturated heterocycles. The van der Waals surface area contributed by atoms with Crippen molar-refractivity contribution >= 4 is 0 Å². The van der Waals surface area contributed by atoms with E-state index in [0.717, 1.165) is 31.7 Å². The number of hydrogen-bond donors (Lipinski definition) is 1. The van der Waals surface area contributed by atoms with Crippen LogP contribution in [0.4, 0.5) is 4.39 Å². The van der Waals surface area contributed by atoms with Crippen LogP contribution >= 0.6 is 0 Å². The van der Waals surface area contributed by atoms with Crippen LogP contribution in [0.15, 0.2) is 48.5 Å². The van der Waals surface area contributed by atoms with E-state index in [9.17, 15) is 4.39 Å². The molecule has 0 bridgehead atoms. The number of halogens is 1. The van der Waals surface area contributed by atoms with Gasteiger partial charge in [-0.3, -0.25) is 0 Å². The zero-order valence-electron chi connectivity index (χ0n) is 12.9. The van der Waals surface area contributed by atoms with Crippen molar-refractivity contribution in [3.8, 4) is 5.75 Å². The van der Waals surface area contributed by atoms with Gasteiger partial charge in [0.1, 0.15) is 11.6 Å². The fraction of sp³-hybridized carbons (Fsp3) is 0.368. The average Bonchev–Trinajstić information content (AvgIpc) is 2.58. The summed E-state index contributed by atoms with van der Waals surface area (Å²) in [5.74, 6) is 1.55. The Labute approximate surface area is 131 Å². The molecule has 2 nitrogen and oxygen atoms in total. The molecule has 3 heteroatoms. The van der Waals surface area contributed by atoms with Crippen LogP contribution in [0.5, 0.6) is 5.75 Å². The van der Waals surface area contributed by atoms with Gasteiger partial charge in [0.15, 0.2) is 0 Å². The zero-order valence-corrected chi connectivity index (χ0v) is 12.9. The molecular weight excluding hydrogens is 277 g/mol. The van der Waals surface area contributed by atoms with Crippen molar-refractivity contribution in [1.82, 2.24) is 5.32 Å². The van der Waals surface area contributed by atoms with Gasteiger partial charge in [0.2, 0.25) is 0 Å². The Balaban J connectivity index is 1.99. The lowest BCUT2D eigenvalue weighted by Crippen LogP contribution is -2.31.